The molecule has 1 N–H and O–H groups in total. The lowest BCUT2D eigenvalue weighted by molar-refractivity contribution is 0.283. The zero-order valence-corrected chi connectivity index (χ0v) is 11.4. The van der Waals surface area contributed by atoms with Crippen LogP contribution in [-0.2, 0) is 13.2 Å². The molecule has 4 heteroatoms. The molecule has 1 aromatic heterocycles. The highest BCUT2D eigenvalue weighted by molar-refractivity contribution is 6.30. The Morgan fingerprint density at radius 2 is 2.00 bits per heavy atom. The summed E-state index contributed by atoms with van der Waals surface area (Å²) in [5.74, 6) is -0.414. The van der Waals surface area contributed by atoms with Crippen LogP contribution in [0.4, 0.5) is 4.39 Å². The van der Waals surface area contributed by atoms with Crippen LogP contribution in [0.2, 0.25) is 5.02 Å². The molecule has 2 nitrogen and oxygen atoms in total. The number of para-hydroxylation sites is 1. The van der Waals surface area contributed by atoms with Gasteiger partial charge in [-0.2, -0.15) is 0 Å². The fraction of sp³-hybridized carbons (Fsp3) is 0.125. The van der Waals surface area contributed by atoms with Gasteiger partial charge in [-0.15, -0.1) is 0 Å². The Balaban J connectivity index is 2.04. The minimum absolute atomic E-state index is 0.0175. The standard InChI is InChI=1S/C16H13ClFNO/c17-14-5-4-11(8-15(14)18)9-19-7-6-12-2-1-3-13(10-20)16(12)19/h1-8,20H,9-10H2. The van der Waals surface area contributed by atoms with Crippen LogP contribution in [0.25, 0.3) is 10.9 Å². The lowest BCUT2D eigenvalue weighted by atomic mass is 10.1. The monoisotopic (exact) mass is 289 g/mol. The van der Waals surface area contributed by atoms with Crippen LogP contribution in [0.5, 0.6) is 0 Å². The molecule has 0 bridgehead atoms. The van der Waals surface area contributed by atoms with E-state index in [1.807, 2.05) is 35.0 Å². The fourth-order valence-electron chi connectivity index (χ4n) is 2.43. The van der Waals surface area contributed by atoms with Crippen LogP contribution in [-0.4, -0.2) is 9.67 Å². The maximum absolute atomic E-state index is 13.5. The molecule has 102 valence electrons. The van der Waals surface area contributed by atoms with Crippen LogP contribution in [0, 0.1) is 5.82 Å². The van der Waals surface area contributed by atoms with Crippen molar-refractivity contribution in [2.45, 2.75) is 13.2 Å². The van der Waals surface area contributed by atoms with Crippen molar-refractivity contribution in [2.75, 3.05) is 0 Å². The van der Waals surface area contributed by atoms with Crippen LogP contribution in [0.3, 0.4) is 0 Å². The quantitative estimate of drug-likeness (QED) is 0.775. The molecule has 3 rings (SSSR count). The molecule has 2 aromatic carbocycles. The van der Waals surface area contributed by atoms with Crippen molar-refractivity contribution in [3.8, 4) is 0 Å². The van der Waals surface area contributed by atoms with Crippen molar-refractivity contribution >= 4 is 22.5 Å². The average Bonchev–Trinajstić information content (AvgIpc) is 2.86. The SMILES string of the molecule is OCc1cccc2ccn(Cc3ccc(Cl)c(F)c3)c12. The van der Waals surface area contributed by atoms with E-state index in [0.29, 0.717) is 6.54 Å². The van der Waals surface area contributed by atoms with E-state index in [9.17, 15) is 9.50 Å². The van der Waals surface area contributed by atoms with E-state index < -0.39 is 5.82 Å². The Morgan fingerprint density at radius 1 is 1.15 bits per heavy atom. The third kappa shape index (κ3) is 2.30. The summed E-state index contributed by atoms with van der Waals surface area (Å²) in [6.07, 6.45) is 1.94. The summed E-state index contributed by atoms with van der Waals surface area (Å²) >= 11 is 5.69. The molecule has 0 radical (unpaired) electrons. The van der Waals surface area contributed by atoms with E-state index >= 15 is 0 Å². The first-order valence-electron chi connectivity index (χ1n) is 6.30. The van der Waals surface area contributed by atoms with Gasteiger partial charge in [-0.25, -0.2) is 4.39 Å². The number of hydrogen-bond donors (Lipinski definition) is 1. The van der Waals surface area contributed by atoms with Gasteiger partial charge in [0, 0.05) is 18.3 Å². The number of aromatic nitrogens is 1. The summed E-state index contributed by atoms with van der Waals surface area (Å²) < 4.78 is 15.5. The second kappa shape index (κ2) is 5.27. The molecule has 0 aliphatic rings. The molecule has 0 aliphatic heterocycles. The van der Waals surface area contributed by atoms with E-state index in [1.165, 1.54) is 6.07 Å². The van der Waals surface area contributed by atoms with Crippen LogP contribution >= 0.6 is 11.6 Å². The highest BCUT2D eigenvalue weighted by atomic mass is 35.5. The predicted octanol–water partition coefficient (Wildman–Crippen LogP) is 3.97. The summed E-state index contributed by atoms with van der Waals surface area (Å²) in [4.78, 5) is 0. The largest absolute Gasteiger partial charge is 0.392 e. The second-order valence-corrected chi connectivity index (χ2v) is 5.11. The normalized spacial score (nSPS) is 11.2. The zero-order valence-electron chi connectivity index (χ0n) is 10.7. The van der Waals surface area contributed by atoms with Gasteiger partial charge < -0.3 is 9.67 Å². The van der Waals surface area contributed by atoms with Gasteiger partial charge in [-0.05, 0) is 29.1 Å². The lowest BCUT2D eigenvalue weighted by Crippen LogP contribution is -2.00. The van der Waals surface area contributed by atoms with Crippen LogP contribution in [0.15, 0.2) is 48.7 Å². The van der Waals surface area contributed by atoms with Gasteiger partial charge in [-0.1, -0.05) is 35.9 Å². The third-order valence-corrected chi connectivity index (χ3v) is 3.69. The smallest absolute Gasteiger partial charge is 0.142 e. The Kier molecular flexibility index (Phi) is 3.47. The third-order valence-electron chi connectivity index (χ3n) is 3.38. The number of aliphatic hydroxyl groups excluding tert-OH is 1. The highest BCUT2D eigenvalue weighted by Gasteiger charge is 2.07. The number of halogens is 2. The number of fused-ring (bicyclic) bond motifs is 1. The van der Waals surface area contributed by atoms with Crippen molar-refractivity contribution < 1.29 is 9.50 Å². The summed E-state index contributed by atoms with van der Waals surface area (Å²) in [7, 11) is 0. The summed E-state index contributed by atoms with van der Waals surface area (Å²) in [6, 6.07) is 12.6. The number of hydrogen-bond acceptors (Lipinski definition) is 1. The molecular weight excluding hydrogens is 277 g/mol. The van der Waals surface area contributed by atoms with Crippen LogP contribution < -0.4 is 0 Å². The van der Waals surface area contributed by atoms with Crippen molar-refractivity contribution in [1.82, 2.24) is 4.57 Å². The van der Waals surface area contributed by atoms with Gasteiger partial charge in [-0.3, -0.25) is 0 Å². The molecule has 0 atom stereocenters. The van der Waals surface area contributed by atoms with E-state index in [-0.39, 0.29) is 11.6 Å². The number of rotatable bonds is 3. The van der Waals surface area contributed by atoms with E-state index in [1.54, 1.807) is 12.1 Å². The summed E-state index contributed by atoms with van der Waals surface area (Å²) in [6.45, 7) is 0.519. The van der Waals surface area contributed by atoms with Gasteiger partial charge in [0.2, 0.25) is 0 Å². The van der Waals surface area contributed by atoms with Gasteiger partial charge in [0.05, 0.1) is 17.1 Å². The number of aliphatic hydroxyl groups is 1. The van der Waals surface area contributed by atoms with Gasteiger partial charge in [0.15, 0.2) is 0 Å². The molecular formula is C16H13ClFNO. The molecule has 0 fully saturated rings. The molecule has 0 saturated carbocycles. The van der Waals surface area contributed by atoms with E-state index in [4.69, 9.17) is 11.6 Å². The number of benzene rings is 2. The summed E-state index contributed by atoms with van der Waals surface area (Å²) in [5.41, 5.74) is 2.67. The minimum atomic E-state index is -0.414. The Morgan fingerprint density at radius 3 is 2.75 bits per heavy atom. The Bertz CT molecular complexity index is 766. The molecule has 0 aliphatic carbocycles. The predicted molar refractivity (Wildman–Crippen MR) is 78.4 cm³/mol. The van der Waals surface area contributed by atoms with Gasteiger partial charge in [0.25, 0.3) is 0 Å². The zero-order chi connectivity index (χ0) is 14.1. The average molecular weight is 290 g/mol. The Labute approximate surface area is 121 Å². The molecule has 0 spiro atoms. The molecule has 3 aromatic rings. The van der Waals surface area contributed by atoms with E-state index in [0.717, 1.165) is 22.0 Å². The topological polar surface area (TPSA) is 25.2 Å². The van der Waals surface area contributed by atoms with Crippen molar-refractivity contribution in [1.29, 1.82) is 0 Å². The minimum Gasteiger partial charge on any atom is -0.392 e. The van der Waals surface area contributed by atoms with Gasteiger partial charge >= 0.3 is 0 Å². The summed E-state index contributed by atoms with van der Waals surface area (Å²) in [5, 5.41) is 10.6. The molecule has 20 heavy (non-hydrogen) atoms. The first kappa shape index (κ1) is 13.2. The molecule has 0 unspecified atom stereocenters. The molecule has 0 saturated heterocycles. The van der Waals surface area contributed by atoms with E-state index in [2.05, 4.69) is 0 Å². The maximum atomic E-state index is 13.5. The van der Waals surface area contributed by atoms with Crippen LogP contribution in [0.1, 0.15) is 11.1 Å². The number of nitrogens with zero attached hydrogens (tertiary/aromatic N) is 1. The Hall–Kier alpha value is -1.84. The molecule has 1 heterocycles. The highest BCUT2D eigenvalue weighted by Crippen LogP contribution is 2.23. The first-order chi connectivity index (χ1) is 9.69. The lowest BCUT2D eigenvalue weighted by Gasteiger charge is -2.09. The molecule has 0 amide bonds. The van der Waals surface area contributed by atoms with Crippen molar-refractivity contribution in [2.24, 2.45) is 0 Å². The van der Waals surface area contributed by atoms with Crippen molar-refractivity contribution in [3.63, 3.8) is 0 Å². The second-order valence-electron chi connectivity index (χ2n) is 4.71. The maximum Gasteiger partial charge on any atom is 0.142 e. The van der Waals surface area contributed by atoms with Gasteiger partial charge in [0.1, 0.15) is 5.82 Å². The fourth-order valence-corrected chi connectivity index (χ4v) is 2.55. The first-order valence-corrected chi connectivity index (χ1v) is 6.68. The van der Waals surface area contributed by atoms with Crippen molar-refractivity contribution in [3.05, 3.63) is 70.6 Å².